The number of likely N-dealkylation sites (N-methyl/N-ethyl adjacent to an activating group) is 1. The average Bonchev–Trinajstić information content (AvgIpc) is 3.00. The summed E-state index contributed by atoms with van der Waals surface area (Å²) in [5, 5.41) is 0. The first kappa shape index (κ1) is 16.0. The van der Waals surface area contributed by atoms with Gasteiger partial charge < -0.3 is 9.80 Å². The Balaban J connectivity index is 1.62. The van der Waals surface area contributed by atoms with Crippen molar-refractivity contribution in [3.05, 3.63) is 46.3 Å². The monoisotopic (exact) mass is 329 g/mol. The van der Waals surface area contributed by atoms with Gasteiger partial charge in [-0.3, -0.25) is 4.79 Å². The lowest BCUT2D eigenvalue weighted by atomic mass is 10.0. The van der Waals surface area contributed by atoms with Crippen LogP contribution in [-0.2, 0) is 11.2 Å². The third kappa shape index (κ3) is 3.91. The van der Waals surface area contributed by atoms with Gasteiger partial charge in [0.2, 0.25) is 5.91 Å². The molecule has 0 saturated carbocycles. The second-order valence-electron chi connectivity index (χ2n) is 6.12. The molecule has 1 amide bonds. The van der Waals surface area contributed by atoms with Crippen molar-refractivity contribution in [1.82, 2.24) is 9.88 Å². The molecule has 0 radical (unpaired) electrons. The summed E-state index contributed by atoms with van der Waals surface area (Å²) in [5.41, 5.74) is 0. The lowest BCUT2D eigenvalue weighted by Crippen LogP contribution is -2.49. The Labute approximate surface area is 141 Å². The lowest BCUT2D eigenvalue weighted by molar-refractivity contribution is -0.131. The van der Waals surface area contributed by atoms with Crippen LogP contribution >= 0.6 is 11.3 Å². The molecule has 1 aliphatic heterocycles. The summed E-state index contributed by atoms with van der Waals surface area (Å²) < 4.78 is 0. The number of carbonyl (C=O) groups excluding carboxylic acids is 1. The molecule has 4 nitrogen and oxygen atoms in total. The Morgan fingerprint density at radius 2 is 2.26 bits per heavy atom. The van der Waals surface area contributed by atoms with Crippen LogP contribution in [0.15, 0.2) is 36.5 Å². The van der Waals surface area contributed by atoms with Gasteiger partial charge in [0.1, 0.15) is 5.82 Å². The molecule has 1 unspecified atom stereocenters. The summed E-state index contributed by atoms with van der Waals surface area (Å²) >= 11 is 1.71. The molecular weight excluding hydrogens is 306 g/mol. The summed E-state index contributed by atoms with van der Waals surface area (Å²) in [4.78, 5) is 23.6. The molecule has 0 spiro atoms. The van der Waals surface area contributed by atoms with Crippen molar-refractivity contribution in [1.29, 1.82) is 0 Å². The smallest absolute Gasteiger partial charge is 0.227 e. The number of rotatable bonds is 4. The first-order valence-electron chi connectivity index (χ1n) is 8.10. The number of aryl methyl sites for hydroxylation is 1. The van der Waals surface area contributed by atoms with E-state index in [1.54, 1.807) is 11.3 Å². The van der Waals surface area contributed by atoms with Gasteiger partial charge in [0.15, 0.2) is 0 Å². The molecular formula is C18H23N3OS. The van der Waals surface area contributed by atoms with Gasteiger partial charge in [-0.25, -0.2) is 4.98 Å². The normalized spacial score (nSPS) is 18.0. The molecule has 3 heterocycles. The Morgan fingerprint density at radius 1 is 1.39 bits per heavy atom. The Hall–Kier alpha value is -1.88. The molecule has 2 aromatic rings. The zero-order valence-corrected chi connectivity index (χ0v) is 14.6. The predicted molar refractivity (Wildman–Crippen MR) is 95.0 cm³/mol. The van der Waals surface area contributed by atoms with E-state index in [-0.39, 0.29) is 11.9 Å². The minimum absolute atomic E-state index is 0.208. The second-order valence-corrected chi connectivity index (χ2v) is 7.50. The Kier molecular flexibility index (Phi) is 4.96. The maximum Gasteiger partial charge on any atom is 0.227 e. The van der Waals surface area contributed by atoms with Crippen LogP contribution in [-0.4, -0.2) is 42.0 Å². The van der Waals surface area contributed by atoms with Gasteiger partial charge in [0.05, 0.1) is 6.42 Å². The highest BCUT2D eigenvalue weighted by Crippen LogP contribution is 2.21. The van der Waals surface area contributed by atoms with E-state index >= 15 is 0 Å². The number of anilines is 1. The molecule has 0 N–H and O–H groups in total. The SMILES string of the molecule is Cc1ccc(CC(=O)N(C)C2CCCN(c3ccccn3)C2)s1. The minimum atomic E-state index is 0.208. The summed E-state index contributed by atoms with van der Waals surface area (Å²) in [6, 6.07) is 10.4. The summed E-state index contributed by atoms with van der Waals surface area (Å²) in [6.45, 7) is 3.95. The van der Waals surface area contributed by atoms with E-state index in [9.17, 15) is 4.79 Å². The maximum atomic E-state index is 12.6. The number of nitrogens with zero attached hydrogens (tertiary/aromatic N) is 3. The fraction of sp³-hybridized carbons (Fsp3) is 0.444. The van der Waals surface area contributed by atoms with Gasteiger partial charge in [0, 0.05) is 42.1 Å². The number of pyridine rings is 1. The van der Waals surface area contributed by atoms with Crippen molar-refractivity contribution in [3.63, 3.8) is 0 Å². The number of piperidine rings is 1. The lowest BCUT2D eigenvalue weighted by Gasteiger charge is -2.38. The summed E-state index contributed by atoms with van der Waals surface area (Å²) in [5.74, 6) is 1.21. The second kappa shape index (κ2) is 7.13. The van der Waals surface area contributed by atoms with E-state index in [2.05, 4.69) is 28.9 Å². The third-order valence-corrected chi connectivity index (χ3v) is 5.43. The first-order valence-corrected chi connectivity index (χ1v) is 8.92. The molecule has 5 heteroatoms. The zero-order valence-electron chi connectivity index (χ0n) is 13.7. The Bertz CT molecular complexity index is 655. The highest BCUT2D eigenvalue weighted by molar-refractivity contribution is 7.12. The van der Waals surface area contributed by atoms with Crippen LogP contribution in [0.3, 0.4) is 0 Å². The van der Waals surface area contributed by atoms with Gasteiger partial charge in [0.25, 0.3) is 0 Å². The summed E-state index contributed by atoms with van der Waals surface area (Å²) in [6.07, 6.45) is 4.49. The van der Waals surface area contributed by atoms with Crippen molar-refractivity contribution < 1.29 is 4.79 Å². The average molecular weight is 329 g/mol. The van der Waals surface area contributed by atoms with Gasteiger partial charge in [-0.15, -0.1) is 11.3 Å². The Morgan fingerprint density at radius 3 is 2.96 bits per heavy atom. The zero-order chi connectivity index (χ0) is 16.2. The summed E-state index contributed by atoms with van der Waals surface area (Å²) in [7, 11) is 1.94. The van der Waals surface area contributed by atoms with E-state index in [4.69, 9.17) is 0 Å². The van der Waals surface area contributed by atoms with Crippen molar-refractivity contribution >= 4 is 23.1 Å². The van der Waals surface area contributed by atoms with Crippen molar-refractivity contribution in [3.8, 4) is 0 Å². The quantitative estimate of drug-likeness (QED) is 0.865. The molecule has 1 aliphatic rings. The fourth-order valence-electron chi connectivity index (χ4n) is 3.08. The molecule has 3 rings (SSSR count). The highest BCUT2D eigenvalue weighted by atomic mass is 32.1. The van der Waals surface area contributed by atoms with Crippen LogP contribution in [0.4, 0.5) is 5.82 Å². The number of aromatic nitrogens is 1. The van der Waals surface area contributed by atoms with E-state index in [1.807, 2.05) is 36.3 Å². The molecule has 23 heavy (non-hydrogen) atoms. The molecule has 1 fully saturated rings. The van der Waals surface area contributed by atoms with Crippen molar-refractivity contribution in [2.45, 2.75) is 32.2 Å². The van der Waals surface area contributed by atoms with Crippen LogP contribution in [0.2, 0.25) is 0 Å². The van der Waals surface area contributed by atoms with Crippen LogP contribution in [0.25, 0.3) is 0 Å². The van der Waals surface area contributed by atoms with Gasteiger partial charge >= 0.3 is 0 Å². The van der Waals surface area contributed by atoms with Gasteiger partial charge in [-0.05, 0) is 44.0 Å². The van der Waals surface area contributed by atoms with E-state index < -0.39 is 0 Å². The predicted octanol–water partition coefficient (Wildman–Crippen LogP) is 3.12. The molecule has 1 atom stereocenters. The van der Waals surface area contributed by atoms with Crippen molar-refractivity contribution in [2.75, 3.05) is 25.0 Å². The van der Waals surface area contributed by atoms with Crippen LogP contribution in [0, 0.1) is 6.92 Å². The highest BCUT2D eigenvalue weighted by Gasteiger charge is 2.26. The topological polar surface area (TPSA) is 36.4 Å². The molecule has 0 aliphatic carbocycles. The first-order chi connectivity index (χ1) is 11.1. The van der Waals surface area contributed by atoms with E-state index in [0.717, 1.165) is 36.6 Å². The minimum Gasteiger partial charge on any atom is -0.355 e. The number of carbonyl (C=O) groups is 1. The molecule has 1 saturated heterocycles. The number of amides is 1. The molecule has 2 aromatic heterocycles. The number of thiophene rings is 1. The van der Waals surface area contributed by atoms with Crippen molar-refractivity contribution in [2.24, 2.45) is 0 Å². The van der Waals surface area contributed by atoms with E-state index in [1.165, 1.54) is 4.88 Å². The molecule has 0 bridgehead atoms. The maximum absolute atomic E-state index is 12.6. The third-order valence-electron chi connectivity index (χ3n) is 4.43. The van der Waals surface area contributed by atoms with Gasteiger partial charge in [-0.2, -0.15) is 0 Å². The number of hydrogen-bond acceptors (Lipinski definition) is 4. The van der Waals surface area contributed by atoms with Crippen LogP contribution < -0.4 is 4.90 Å². The van der Waals surface area contributed by atoms with Crippen LogP contribution in [0.1, 0.15) is 22.6 Å². The van der Waals surface area contributed by atoms with Gasteiger partial charge in [-0.1, -0.05) is 6.07 Å². The fourth-order valence-corrected chi connectivity index (χ4v) is 3.96. The van der Waals surface area contributed by atoms with Crippen LogP contribution in [0.5, 0.6) is 0 Å². The number of hydrogen-bond donors (Lipinski definition) is 0. The molecule has 122 valence electrons. The molecule has 0 aromatic carbocycles. The standard InChI is InChI=1S/C18H23N3OS/c1-14-8-9-16(23-14)12-18(22)20(2)15-6-5-11-21(13-15)17-7-3-4-10-19-17/h3-4,7-10,15H,5-6,11-13H2,1-2H3. The largest absolute Gasteiger partial charge is 0.355 e. The van der Waals surface area contributed by atoms with E-state index in [0.29, 0.717) is 6.42 Å².